The number of nitrogens with zero attached hydrogens (tertiary/aromatic N) is 3. The van der Waals surface area contributed by atoms with Crippen LogP contribution in [-0.4, -0.2) is 77.6 Å². The summed E-state index contributed by atoms with van der Waals surface area (Å²) in [5.74, 6) is -2.70. The second kappa shape index (κ2) is 9.49. The molecule has 0 aliphatic carbocycles. The van der Waals surface area contributed by atoms with Crippen LogP contribution in [0.4, 0.5) is 13.6 Å². The van der Waals surface area contributed by atoms with Gasteiger partial charge in [0, 0.05) is 26.2 Å². The number of benzene rings is 1. The lowest BCUT2D eigenvalue weighted by Gasteiger charge is -2.50. The summed E-state index contributed by atoms with van der Waals surface area (Å²) in [5, 5.41) is 0. The number of hydrogen-bond donors (Lipinski definition) is 0. The molecule has 7 heteroatoms. The van der Waals surface area contributed by atoms with Crippen LogP contribution >= 0.6 is 0 Å². The van der Waals surface area contributed by atoms with Crippen LogP contribution in [0.2, 0.25) is 0 Å². The molecule has 3 saturated heterocycles. The number of halogens is 2. The van der Waals surface area contributed by atoms with E-state index < -0.39 is 17.6 Å². The standard InChI is InChI=1S/C26H39F2N3O2/c1-24(2,3)33-23(32)31-17-12-25(13-18-31)10-15-30(16-11-25)22-9-14-29(20-26(22,27)28)19-21-7-5-4-6-8-21/h4-8,22H,9-20H2,1-3H3. The molecule has 5 nitrogen and oxygen atoms in total. The highest BCUT2D eigenvalue weighted by Crippen LogP contribution is 2.43. The van der Waals surface area contributed by atoms with E-state index in [9.17, 15) is 4.79 Å². The second-order valence-corrected chi connectivity index (χ2v) is 11.3. The number of hydrogen-bond acceptors (Lipinski definition) is 4. The highest BCUT2D eigenvalue weighted by Gasteiger charge is 2.49. The van der Waals surface area contributed by atoms with Crippen molar-refractivity contribution in [3.63, 3.8) is 0 Å². The third-order valence-electron chi connectivity index (χ3n) is 7.66. The Balaban J connectivity index is 1.26. The maximum atomic E-state index is 15.2. The van der Waals surface area contributed by atoms with E-state index in [1.807, 2.05) is 60.9 Å². The van der Waals surface area contributed by atoms with Gasteiger partial charge < -0.3 is 9.64 Å². The molecule has 4 rings (SSSR count). The van der Waals surface area contributed by atoms with Crippen LogP contribution in [-0.2, 0) is 11.3 Å². The molecular formula is C26H39F2N3O2. The summed E-state index contributed by atoms with van der Waals surface area (Å²) in [5.41, 5.74) is 0.780. The van der Waals surface area contributed by atoms with Crippen molar-refractivity contribution in [1.29, 1.82) is 0 Å². The molecule has 33 heavy (non-hydrogen) atoms. The molecule has 0 radical (unpaired) electrons. The second-order valence-electron chi connectivity index (χ2n) is 11.3. The van der Waals surface area contributed by atoms with E-state index in [0.717, 1.165) is 44.3 Å². The lowest BCUT2D eigenvalue weighted by molar-refractivity contribution is -0.139. The quantitative estimate of drug-likeness (QED) is 0.631. The normalized spacial score (nSPS) is 26.3. The van der Waals surface area contributed by atoms with Crippen LogP contribution in [0, 0.1) is 5.41 Å². The van der Waals surface area contributed by atoms with Crippen LogP contribution in [0.3, 0.4) is 0 Å². The van der Waals surface area contributed by atoms with E-state index in [1.165, 1.54) is 0 Å². The van der Waals surface area contributed by atoms with Crippen LogP contribution < -0.4 is 0 Å². The Hall–Kier alpha value is -1.73. The number of carbonyl (C=O) groups excluding carboxylic acids is 1. The fourth-order valence-electron chi connectivity index (χ4n) is 5.73. The number of amides is 1. The van der Waals surface area contributed by atoms with Gasteiger partial charge in [0.25, 0.3) is 5.92 Å². The molecule has 3 aliphatic heterocycles. The van der Waals surface area contributed by atoms with Gasteiger partial charge in [0.2, 0.25) is 0 Å². The third-order valence-corrected chi connectivity index (χ3v) is 7.66. The number of alkyl halides is 2. The molecule has 0 N–H and O–H groups in total. The first-order valence-electron chi connectivity index (χ1n) is 12.4. The van der Waals surface area contributed by atoms with Crippen LogP contribution in [0.25, 0.3) is 0 Å². The minimum Gasteiger partial charge on any atom is -0.444 e. The van der Waals surface area contributed by atoms with Gasteiger partial charge in [0.05, 0.1) is 12.6 Å². The number of carbonyl (C=O) groups is 1. The van der Waals surface area contributed by atoms with Gasteiger partial charge in [0.1, 0.15) is 5.60 Å². The van der Waals surface area contributed by atoms with Crippen molar-refractivity contribution < 1.29 is 18.3 Å². The lowest BCUT2D eigenvalue weighted by atomic mass is 9.71. The fourth-order valence-corrected chi connectivity index (χ4v) is 5.73. The van der Waals surface area contributed by atoms with Crippen molar-refractivity contribution >= 4 is 6.09 Å². The Labute approximate surface area is 197 Å². The molecule has 3 aliphatic rings. The maximum Gasteiger partial charge on any atom is 0.410 e. The van der Waals surface area contributed by atoms with Crippen molar-refractivity contribution in [3.8, 4) is 0 Å². The first-order chi connectivity index (χ1) is 15.6. The van der Waals surface area contributed by atoms with Crippen molar-refractivity contribution in [3.05, 3.63) is 35.9 Å². The van der Waals surface area contributed by atoms with E-state index in [2.05, 4.69) is 0 Å². The van der Waals surface area contributed by atoms with Crippen LogP contribution in [0.15, 0.2) is 30.3 Å². The average Bonchev–Trinajstić information content (AvgIpc) is 2.74. The SMILES string of the molecule is CC(C)(C)OC(=O)N1CCC2(CC1)CCN(C1CCN(Cc3ccccc3)CC1(F)F)CC2. The van der Waals surface area contributed by atoms with Gasteiger partial charge in [-0.2, -0.15) is 0 Å². The molecule has 1 atom stereocenters. The Morgan fingerprint density at radius 3 is 2.18 bits per heavy atom. The van der Waals surface area contributed by atoms with Crippen LogP contribution in [0.5, 0.6) is 0 Å². The summed E-state index contributed by atoms with van der Waals surface area (Å²) in [6, 6.07) is 9.22. The molecule has 1 aromatic carbocycles. The first-order valence-corrected chi connectivity index (χ1v) is 12.4. The minimum absolute atomic E-state index is 0.168. The summed E-state index contributed by atoms with van der Waals surface area (Å²) in [6.07, 6.45) is 4.03. The van der Waals surface area contributed by atoms with Gasteiger partial charge >= 0.3 is 6.09 Å². The van der Waals surface area contributed by atoms with Gasteiger partial charge in [-0.15, -0.1) is 0 Å². The molecule has 1 amide bonds. The Kier molecular flexibility index (Phi) is 7.02. The molecular weight excluding hydrogens is 424 g/mol. The highest BCUT2D eigenvalue weighted by molar-refractivity contribution is 5.68. The topological polar surface area (TPSA) is 36.0 Å². The zero-order valence-corrected chi connectivity index (χ0v) is 20.4. The Bertz CT molecular complexity index is 794. The van der Waals surface area contributed by atoms with Gasteiger partial charge in [-0.25, -0.2) is 13.6 Å². The number of likely N-dealkylation sites (tertiary alicyclic amines) is 3. The van der Waals surface area contributed by atoms with E-state index in [4.69, 9.17) is 4.74 Å². The van der Waals surface area contributed by atoms with E-state index in [1.54, 1.807) is 4.90 Å². The molecule has 0 aromatic heterocycles. The first kappa shape index (κ1) is 24.4. The van der Waals surface area contributed by atoms with E-state index in [-0.39, 0.29) is 18.1 Å². The van der Waals surface area contributed by atoms with Gasteiger partial charge in [0.15, 0.2) is 0 Å². The highest BCUT2D eigenvalue weighted by atomic mass is 19.3. The average molecular weight is 464 g/mol. The lowest BCUT2D eigenvalue weighted by Crippen LogP contribution is -2.60. The molecule has 0 saturated carbocycles. The summed E-state index contributed by atoms with van der Waals surface area (Å²) >= 11 is 0. The monoisotopic (exact) mass is 463 g/mol. The Morgan fingerprint density at radius 1 is 1.00 bits per heavy atom. The summed E-state index contributed by atoms with van der Waals surface area (Å²) in [6.45, 7) is 9.62. The summed E-state index contributed by atoms with van der Waals surface area (Å²) < 4.78 is 35.9. The number of piperidine rings is 3. The van der Waals surface area contributed by atoms with Crippen molar-refractivity contribution in [2.24, 2.45) is 5.41 Å². The summed E-state index contributed by atoms with van der Waals surface area (Å²) in [4.78, 5) is 18.1. The van der Waals surface area contributed by atoms with E-state index >= 15 is 8.78 Å². The largest absolute Gasteiger partial charge is 0.444 e. The molecule has 3 fully saturated rings. The van der Waals surface area contributed by atoms with E-state index in [0.29, 0.717) is 32.6 Å². The molecule has 1 spiro atoms. The van der Waals surface area contributed by atoms with Gasteiger partial charge in [-0.1, -0.05) is 30.3 Å². The smallest absolute Gasteiger partial charge is 0.410 e. The Morgan fingerprint density at radius 2 is 1.61 bits per heavy atom. The maximum absolute atomic E-state index is 15.2. The number of rotatable bonds is 3. The zero-order valence-electron chi connectivity index (χ0n) is 20.4. The van der Waals surface area contributed by atoms with Crippen molar-refractivity contribution in [2.45, 2.75) is 77.0 Å². The number of ether oxygens (including phenoxy) is 1. The zero-order chi connectivity index (χ0) is 23.7. The van der Waals surface area contributed by atoms with Crippen molar-refractivity contribution in [1.82, 2.24) is 14.7 Å². The van der Waals surface area contributed by atoms with Gasteiger partial charge in [-0.05, 0) is 76.9 Å². The molecule has 184 valence electrons. The molecule has 1 unspecified atom stereocenters. The van der Waals surface area contributed by atoms with Crippen LogP contribution in [0.1, 0.15) is 58.4 Å². The minimum atomic E-state index is -2.70. The predicted octanol–water partition coefficient (Wildman–Crippen LogP) is 5.01. The fraction of sp³-hybridized carbons (Fsp3) is 0.731. The molecule has 0 bridgehead atoms. The molecule has 1 aromatic rings. The summed E-state index contributed by atoms with van der Waals surface area (Å²) in [7, 11) is 0. The predicted molar refractivity (Wildman–Crippen MR) is 125 cm³/mol. The van der Waals surface area contributed by atoms with Crippen molar-refractivity contribution in [2.75, 3.05) is 39.3 Å². The third kappa shape index (κ3) is 6.04. The molecule has 3 heterocycles. The van der Waals surface area contributed by atoms with Gasteiger partial charge in [-0.3, -0.25) is 9.80 Å².